The number of benzene rings is 1. The van der Waals surface area contributed by atoms with Crippen LogP contribution in [-0.2, 0) is 6.42 Å². The van der Waals surface area contributed by atoms with Gasteiger partial charge in [-0.25, -0.2) is 0 Å². The maximum Gasteiger partial charge on any atom is 0.0428 e. The van der Waals surface area contributed by atoms with E-state index >= 15 is 0 Å². The Morgan fingerprint density at radius 3 is 2.89 bits per heavy atom. The molecule has 1 saturated heterocycles. The zero-order valence-electron chi connectivity index (χ0n) is 12.5. The van der Waals surface area contributed by atoms with Crippen molar-refractivity contribution in [2.24, 2.45) is 5.73 Å². The lowest BCUT2D eigenvalue weighted by molar-refractivity contribution is 0.266. The number of hydrogen-bond acceptors (Lipinski definition) is 3. The highest BCUT2D eigenvalue weighted by Crippen LogP contribution is 2.29. The lowest BCUT2D eigenvalue weighted by atomic mass is 10.0. The normalized spacial score (nSPS) is 19.4. The smallest absolute Gasteiger partial charge is 0.0428 e. The quantitative estimate of drug-likeness (QED) is 0.880. The Morgan fingerprint density at radius 2 is 2.21 bits per heavy atom. The molecule has 19 heavy (non-hydrogen) atoms. The van der Waals surface area contributed by atoms with Gasteiger partial charge in [-0.2, -0.15) is 0 Å². The van der Waals surface area contributed by atoms with Crippen LogP contribution < -0.4 is 10.6 Å². The second-order valence-corrected chi connectivity index (χ2v) is 5.59. The number of likely N-dealkylation sites (N-methyl/N-ethyl adjacent to an activating group) is 1. The number of para-hydroxylation sites is 1. The molecule has 1 aliphatic rings. The molecule has 1 unspecified atom stereocenters. The van der Waals surface area contributed by atoms with Crippen molar-refractivity contribution in [2.75, 3.05) is 38.1 Å². The van der Waals surface area contributed by atoms with Gasteiger partial charge in [-0.3, -0.25) is 0 Å². The van der Waals surface area contributed by atoms with Crippen molar-refractivity contribution in [3.8, 4) is 0 Å². The number of hydrogen-bond donors (Lipinski definition) is 1. The molecule has 0 saturated carbocycles. The highest BCUT2D eigenvalue weighted by molar-refractivity contribution is 5.60. The second kappa shape index (κ2) is 6.40. The molecular formula is C16H27N3. The van der Waals surface area contributed by atoms with Gasteiger partial charge >= 0.3 is 0 Å². The van der Waals surface area contributed by atoms with Crippen LogP contribution in [0.3, 0.4) is 0 Å². The number of aryl methyl sites for hydroxylation is 2. The first kappa shape index (κ1) is 14.4. The summed E-state index contributed by atoms with van der Waals surface area (Å²) in [7, 11) is 2.19. The van der Waals surface area contributed by atoms with E-state index in [1.807, 2.05) is 0 Å². The molecule has 1 aromatic rings. The van der Waals surface area contributed by atoms with Crippen LogP contribution in [0.5, 0.6) is 0 Å². The van der Waals surface area contributed by atoms with E-state index in [1.165, 1.54) is 23.2 Å². The van der Waals surface area contributed by atoms with E-state index in [9.17, 15) is 0 Å². The molecule has 106 valence electrons. The van der Waals surface area contributed by atoms with Gasteiger partial charge in [-0.15, -0.1) is 0 Å². The summed E-state index contributed by atoms with van der Waals surface area (Å²) in [6.07, 6.45) is 2.35. The Kier molecular flexibility index (Phi) is 4.83. The zero-order chi connectivity index (χ0) is 13.8. The van der Waals surface area contributed by atoms with Crippen molar-refractivity contribution in [3.05, 3.63) is 29.3 Å². The largest absolute Gasteiger partial charge is 0.369 e. The average Bonchev–Trinajstić information content (AvgIpc) is 2.88. The fraction of sp³-hybridized carbons (Fsp3) is 0.625. The molecule has 1 fully saturated rings. The predicted molar refractivity (Wildman–Crippen MR) is 82.9 cm³/mol. The molecule has 0 amide bonds. The van der Waals surface area contributed by atoms with Crippen LogP contribution in [0.2, 0.25) is 0 Å². The van der Waals surface area contributed by atoms with Gasteiger partial charge in [-0.1, -0.05) is 25.1 Å². The Bertz CT molecular complexity index is 416. The van der Waals surface area contributed by atoms with Gasteiger partial charge in [0, 0.05) is 37.9 Å². The molecule has 1 atom stereocenters. The van der Waals surface area contributed by atoms with E-state index in [0.717, 1.165) is 32.6 Å². The highest BCUT2D eigenvalue weighted by Gasteiger charge is 2.27. The van der Waals surface area contributed by atoms with Gasteiger partial charge in [0.05, 0.1) is 0 Å². The Balaban J connectivity index is 2.13. The summed E-state index contributed by atoms with van der Waals surface area (Å²) >= 11 is 0. The standard InChI is InChI=1S/C16H27N3/c1-4-14-7-5-6-13(2)16(14)19-10-8-15(12-19)18(3)11-9-17/h5-7,15H,4,8-12,17H2,1-3H3. The third-order valence-corrected chi connectivity index (χ3v) is 4.29. The van der Waals surface area contributed by atoms with E-state index < -0.39 is 0 Å². The monoisotopic (exact) mass is 261 g/mol. The summed E-state index contributed by atoms with van der Waals surface area (Å²) in [5, 5.41) is 0. The van der Waals surface area contributed by atoms with Crippen molar-refractivity contribution >= 4 is 5.69 Å². The molecular weight excluding hydrogens is 234 g/mol. The SMILES string of the molecule is CCc1cccc(C)c1N1CCC(N(C)CCN)C1. The Morgan fingerprint density at radius 1 is 1.42 bits per heavy atom. The van der Waals surface area contributed by atoms with Crippen molar-refractivity contribution in [1.29, 1.82) is 0 Å². The van der Waals surface area contributed by atoms with Crippen LogP contribution in [0.4, 0.5) is 5.69 Å². The molecule has 0 aliphatic carbocycles. The topological polar surface area (TPSA) is 32.5 Å². The van der Waals surface area contributed by atoms with Gasteiger partial charge in [-0.05, 0) is 37.9 Å². The summed E-state index contributed by atoms with van der Waals surface area (Å²) in [4.78, 5) is 4.97. The van der Waals surface area contributed by atoms with E-state index in [0.29, 0.717) is 6.04 Å². The van der Waals surface area contributed by atoms with Gasteiger partial charge in [0.2, 0.25) is 0 Å². The van der Waals surface area contributed by atoms with Crippen LogP contribution in [0.1, 0.15) is 24.5 Å². The van der Waals surface area contributed by atoms with E-state index in [4.69, 9.17) is 5.73 Å². The van der Waals surface area contributed by atoms with Crippen molar-refractivity contribution in [2.45, 2.75) is 32.7 Å². The lowest BCUT2D eigenvalue weighted by Crippen LogP contribution is -2.37. The molecule has 0 spiro atoms. The van der Waals surface area contributed by atoms with Crippen LogP contribution in [0, 0.1) is 6.92 Å². The number of nitrogens with two attached hydrogens (primary N) is 1. The first-order valence-electron chi connectivity index (χ1n) is 7.41. The summed E-state index contributed by atoms with van der Waals surface area (Å²) < 4.78 is 0. The third-order valence-electron chi connectivity index (χ3n) is 4.29. The average molecular weight is 261 g/mol. The van der Waals surface area contributed by atoms with Crippen molar-refractivity contribution < 1.29 is 0 Å². The summed E-state index contributed by atoms with van der Waals surface area (Å²) in [6.45, 7) is 8.51. The van der Waals surface area contributed by atoms with E-state index in [-0.39, 0.29) is 0 Å². The molecule has 0 radical (unpaired) electrons. The predicted octanol–water partition coefficient (Wildman–Crippen LogP) is 2.03. The lowest BCUT2D eigenvalue weighted by Gasteiger charge is -2.27. The number of anilines is 1. The third kappa shape index (κ3) is 3.10. The molecule has 3 nitrogen and oxygen atoms in total. The minimum Gasteiger partial charge on any atom is -0.369 e. The molecule has 1 aliphatic heterocycles. The minimum atomic E-state index is 0.646. The van der Waals surface area contributed by atoms with Crippen LogP contribution in [0.25, 0.3) is 0 Å². The van der Waals surface area contributed by atoms with Gasteiger partial charge in [0.25, 0.3) is 0 Å². The first-order chi connectivity index (χ1) is 9.17. The molecule has 0 aromatic heterocycles. The van der Waals surface area contributed by atoms with E-state index in [1.54, 1.807) is 0 Å². The molecule has 2 rings (SSSR count). The molecule has 1 heterocycles. The number of rotatable bonds is 5. The molecule has 2 N–H and O–H groups in total. The van der Waals surface area contributed by atoms with Gasteiger partial charge < -0.3 is 15.5 Å². The minimum absolute atomic E-state index is 0.646. The van der Waals surface area contributed by atoms with E-state index in [2.05, 4.69) is 48.9 Å². The Hall–Kier alpha value is -1.06. The number of nitrogens with zero attached hydrogens (tertiary/aromatic N) is 2. The first-order valence-corrected chi connectivity index (χ1v) is 7.41. The van der Waals surface area contributed by atoms with Gasteiger partial charge in [0.1, 0.15) is 0 Å². The van der Waals surface area contributed by atoms with Crippen LogP contribution in [0.15, 0.2) is 18.2 Å². The molecule has 1 aromatic carbocycles. The van der Waals surface area contributed by atoms with Gasteiger partial charge in [0.15, 0.2) is 0 Å². The second-order valence-electron chi connectivity index (χ2n) is 5.59. The fourth-order valence-electron chi connectivity index (χ4n) is 3.15. The Labute approximate surface area is 117 Å². The summed E-state index contributed by atoms with van der Waals surface area (Å²) in [5.74, 6) is 0. The highest BCUT2D eigenvalue weighted by atomic mass is 15.2. The van der Waals surface area contributed by atoms with Crippen molar-refractivity contribution in [1.82, 2.24) is 4.90 Å². The maximum absolute atomic E-state index is 5.66. The van der Waals surface area contributed by atoms with Crippen LogP contribution in [-0.4, -0.2) is 44.2 Å². The maximum atomic E-state index is 5.66. The molecule has 3 heteroatoms. The molecule has 0 bridgehead atoms. The fourth-order valence-corrected chi connectivity index (χ4v) is 3.15. The van der Waals surface area contributed by atoms with Crippen LogP contribution >= 0.6 is 0 Å². The van der Waals surface area contributed by atoms with Crippen molar-refractivity contribution in [3.63, 3.8) is 0 Å². The zero-order valence-corrected chi connectivity index (χ0v) is 12.5. The summed E-state index contributed by atoms with van der Waals surface area (Å²) in [6, 6.07) is 7.31. The summed E-state index contributed by atoms with van der Waals surface area (Å²) in [5.41, 5.74) is 10.0.